The van der Waals surface area contributed by atoms with E-state index < -0.39 is 0 Å². The molecule has 11 aromatic rings. The molecule has 0 fully saturated rings. The molecule has 11 rings (SSSR count). The van der Waals surface area contributed by atoms with Gasteiger partial charge in [0.2, 0.25) is 0 Å². The Kier molecular flexibility index (Phi) is 9.57. The van der Waals surface area contributed by atoms with E-state index in [-0.39, 0.29) is 0 Å². The molecule has 1 aromatic heterocycles. The second-order valence-corrected chi connectivity index (χ2v) is 15.7. The zero-order valence-electron chi connectivity index (χ0n) is 34.1. The summed E-state index contributed by atoms with van der Waals surface area (Å²) in [5.74, 6) is 0. The molecule has 0 amide bonds. The predicted molar refractivity (Wildman–Crippen MR) is 263 cm³/mol. The minimum Gasteiger partial charge on any atom is -0.310 e. The lowest BCUT2D eigenvalue weighted by molar-refractivity contribution is 1.18. The topological polar surface area (TPSA) is 8.17 Å². The molecule has 10 aromatic carbocycles. The normalized spacial score (nSPS) is 11.2. The number of aromatic nitrogens is 1. The molecule has 1 heterocycles. The van der Waals surface area contributed by atoms with Crippen LogP contribution >= 0.6 is 0 Å². The third-order valence-electron chi connectivity index (χ3n) is 12.0. The Morgan fingerprint density at radius 2 is 0.774 bits per heavy atom. The van der Waals surface area contributed by atoms with Gasteiger partial charge in [-0.25, -0.2) is 0 Å². The van der Waals surface area contributed by atoms with Crippen molar-refractivity contribution in [1.82, 2.24) is 4.57 Å². The zero-order chi connectivity index (χ0) is 41.2. The van der Waals surface area contributed by atoms with Gasteiger partial charge in [-0.05, 0) is 93.0 Å². The number of anilines is 3. The Balaban J connectivity index is 1.13. The van der Waals surface area contributed by atoms with Gasteiger partial charge in [-0.2, -0.15) is 0 Å². The smallest absolute Gasteiger partial charge is 0.0562 e. The summed E-state index contributed by atoms with van der Waals surface area (Å²) in [6.07, 6.45) is 0. The van der Waals surface area contributed by atoms with Crippen LogP contribution in [0.3, 0.4) is 0 Å². The largest absolute Gasteiger partial charge is 0.310 e. The van der Waals surface area contributed by atoms with Gasteiger partial charge in [0.05, 0.1) is 22.4 Å². The van der Waals surface area contributed by atoms with Crippen molar-refractivity contribution in [2.75, 3.05) is 4.90 Å². The highest BCUT2D eigenvalue weighted by molar-refractivity contribution is 6.11. The van der Waals surface area contributed by atoms with Crippen molar-refractivity contribution in [2.45, 2.75) is 0 Å². The summed E-state index contributed by atoms with van der Waals surface area (Å²) in [6, 6.07) is 92.1. The first-order chi connectivity index (χ1) is 30.8. The van der Waals surface area contributed by atoms with E-state index in [9.17, 15) is 0 Å². The number of hydrogen-bond donors (Lipinski definition) is 0. The summed E-state index contributed by atoms with van der Waals surface area (Å²) >= 11 is 0. The number of rotatable bonds is 9. The molecule has 0 atom stereocenters. The quantitative estimate of drug-likeness (QED) is 0.141. The molecule has 0 saturated carbocycles. The fourth-order valence-corrected chi connectivity index (χ4v) is 9.10. The number of fused-ring (bicyclic) bond motifs is 3. The van der Waals surface area contributed by atoms with E-state index >= 15 is 0 Å². The van der Waals surface area contributed by atoms with E-state index in [4.69, 9.17) is 0 Å². The molecule has 292 valence electrons. The van der Waals surface area contributed by atoms with Crippen LogP contribution in [0.15, 0.2) is 255 Å². The summed E-state index contributed by atoms with van der Waals surface area (Å²) in [6.45, 7) is 0. The van der Waals surface area contributed by atoms with Crippen LogP contribution in [0.1, 0.15) is 0 Å². The van der Waals surface area contributed by atoms with Crippen LogP contribution in [0.2, 0.25) is 0 Å². The molecule has 0 unspecified atom stereocenters. The Hall–Kier alpha value is -8.20. The Bertz CT molecular complexity index is 3300. The van der Waals surface area contributed by atoms with Crippen LogP contribution in [0, 0.1) is 0 Å². The van der Waals surface area contributed by atoms with E-state index in [2.05, 4.69) is 264 Å². The van der Waals surface area contributed by atoms with Gasteiger partial charge >= 0.3 is 0 Å². The standard InChI is InChI=1S/C60H42N2/c1-6-19-43(20-7-1)44-33-35-45(36-34-44)49-37-40-57(55(41-49)47-23-10-3-11-24-47)61(50-27-14-5-15-28-50)51-38-39-54-53-29-16-17-31-56(53)62(59(54)42-51)58-32-18-30-52(46-21-8-2-9-22-46)60(58)48-25-12-4-13-26-48/h1-42H. The van der Waals surface area contributed by atoms with Gasteiger partial charge in [-0.1, -0.05) is 206 Å². The maximum Gasteiger partial charge on any atom is 0.0562 e. The van der Waals surface area contributed by atoms with Crippen molar-refractivity contribution in [2.24, 2.45) is 0 Å². The molecular weight excluding hydrogens is 749 g/mol. The maximum atomic E-state index is 2.48. The van der Waals surface area contributed by atoms with Gasteiger partial charge < -0.3 is 9.47 Å². The summed E-state index contributed by atoms with van der Waals surface area (Å²) in [7, 11) is 0. The van der Waals surface area contributed by atoms with Crippen molar-refractivity contribution in [3.05, 3.63) is 255 Å². The Morgan fingerprint density at radius 1 is 0.274 bits per heavy atom. The molecule has 0 bridgehead atoms. The highest BCUT2D eigenvalue weighted by Gasteiger charge is 2.23. The van der Waals surface area contributed by atoms with Crippen molar-refractivity contribution in [1.29, 1.82) is 0 Å². The lowest BCUT2D eigenvalue weighted by Crippen LogP contribution is -2.11. The van der Waals surface area contributed by atoms with E-state index in [0.29, 0.717) is 0 Å². The molecule has 0 aliphatic rings. The lowest BCUT2D eigenvalue weighted by Gasteiger charge is -2.28. The Labute approximate surface area is 362 Å². The molecule has 0 N–H and O–H groups in total. The average molecular weight is 791 g/mol. The van der Waals surface area contributed by atoms with Crippen molar-refractivity contribution in [3.63, 3.8) is 0 Å². The molecule has 2 heteroatoms. The number of nitrogens with zero attached hydrogens (tertiary/aromatic N) is 2. The van der Waals surface area contributed by atoms with Crippen LogP contribution in [-0.4, -0.2) is 4.57 Å². The van der Waals surface area contributed by atoms with E-state index in [0.717, 1.165) is 39.4 Å². The molecular formula is C60H42N2. The highest BCUT2D eigenvalue weighted by Crippen LogP contribution is 2.46. The molecule has 0 spiro atoms. The number of para-hydroxylation sites is 2. The van der Waals surface area contributed by atoms with Crippen molar-refractivity contribution >= 4 is 38.9 Å². The molecule has 0 radical (unpaired) electrons. The minimum atomic E-state index is 1.07. The first-order valence-corrected chi connectivity index (χ1v) is 21.3. The zero-order valence-corrected chi connectivity index (χ0v) is 34.1. The van der Waals surface area contributed by atoms with Gasteiger partial charge in [-0.3, -0.25) is 0 Å². The van der Waals surface area contributed by atoms with Crippen LogP contribution in [0.25, 0.3) is 83.1 Å². The van der Waals surface area contributed by atoms with Gasteiger partial charge in [0, 0.05) is 33.3 Å². The van der Waals surface area contributed by atoms with E-state index in [1.165, 1.54) is 60.8 Å². The van der Waals surface area contributed by atoms with E-state index in [1.807, 2.05) is 0 Å². The monoisotopic (exact) mass is 790 g/mol. The number of benzene rings is 10. The Morgan fingerprint density at radius 3 is 1.44 bits per heavy atom. The second-order valence-electron chi connectivity index (χ2n) is 15.7. The summed E-state index contributed by atoms with van der Waals surface area (Å²) in [4.78, 5) is 2.42. The van der Waals surface area contributed by atoms with Gasteiger partial charge in [-0.15, -0.1) is 0 Å². The van der Waals surface area contributed by atoms with Crippen LogP contribution < -0.4 is 4.90 Å². The van der Waals surface area contributed by atoms with Gasteiger partial charge in [0.25, 0.3) is 0 Å². The first kappa shape index (κ1) is 36.8. The summed E-state index contributed by atoms with van der Waals surface area (Å²) in [5.41, 5.74) is 18.6. The maximum absolute atomic E-state index is 2.48. The molecule has 0 aliphatic carbocycles. The molecule has 0 aliphatic heterocycles. The molecule has 2 nitrogen and oxygen atoms in total. The molecule has 0 saturated heterocycles. The van der Waals surface area contributed by atoms with Crippen molar-refractivity contribution < 1.29 is 0 Å². The summed E-state index contributed by atoms with van der Waals surface area (Å²) < 4.78 is 2.48. The third-order valence-corrected chi connectivity index (χ3v) is 12.0. The van der Waals surface area contributed by atoms with Crippen molar-refractivity contribution in [3.8, 4) is 61.3 Å². The fraction of sp³-hybridized carbons (Fsp3) is 0. The van der Waals surface area contributed by atoms with E-state index in [1.54, 1.807) is 0 Å². The van der Waals surface area contributed by atoms with Crippen LogP contribution in [-0.2, 0) is 0 Å². The molecule has 62 heavy (non-hydrogen) atoms. The minimum absolute atomic E-state index is 1.07. The predicted octanol–water partition coefficient (Wildman–Crippen LogP) is 16.6. The first-order valence-electron chi connectivity index (χ1n) is 21.3. The lowest BCUT2D eigenvalue weighted by atomic mass is 9.93. The fourth-order valence-electron chi connectivity index (χ4n) is 9.10. The summed E-state index contributed by atoms with van der Waals surface area (Å²) in [5, 5.41) is 2.43. The van der Waals surface area contributed by atoms with Crippen LogP contribution in [0.4, 0.5) is 17.1 Å². The van der Waals surface area contributed by atoms with Gasteiger partial charge in [0.15, 0.2) is 0 Å². The SMILES string of the molecule is c1ccc(-c2ccc(-c3ccc(N(c4ccccc4)c4ccc5c6ccccc6n(-c6cccc(-c7ccccc7)c6-c6ccccc6)c5c4)c(-c4ccccc4)c3)cc2)cc1. The third kappa shape index (κ3) is 6.74. The highest BCUT2D eigenvalue weighted by atomic mass is 15.1. The average Bonchev–Trinajstić information content (AvgIpc) is 3.69. The second kappa shape index (κ2) is 16.1. The van der Waals surface area contributed by atoms with Crippen LogP contribution in [0.5, 0.6) is 0 Å². The van der Waals surface area contributed by atoms with Gasteiger partial charge in [0.1, 0.15) is 0 Å². The number of hydrogen-bond acceptors (Lipinski definition) is 1.